The maximum absolute atomic E-state index is 12.8. The summed E-state index contributed by atoms with van der Waals surface area (Å²) in [6, 6.07) is 11.8. The molecule has 4 rings (SSSR count). The molecule has 1 saturated heterocycles. The summed E-state index contributed by atoms with van der Waals surface area (Å²) in [5.41, 5.74) is 2.15. The summed E-state index contributed by atoms with van der Waals surface area (Å²) < 4.78 is 0. The number of nitrogens with one attached hydrogen (secondary N) is 1. The lowest BCUT2D eigenvalue weighted by atomic mass is 10.2. The summed E-state index contributed by atoms with van der Waals surface area (Å²) in [6.45, 7) is 3.39. The number of carbonyl (C=O) groups excluding carboxylic acids is 1. The van der Waals surface area contributed by atoms with Crippen molar-refractivity contribution in [2.75, 3.05) is 49.5 Å². The first-order chi connectivity index (χ1) is 14.6. The molecule has 1 fully saturated rings. The molecule has 0 aliphatic carbocycles. The second-order valence-corrected chi connectivity index (χ2v) is 8.92. The molecular weight excluding hydrogens is 420 g/mol. The highest BCUT2D eigenvalue weighted by Gasteiger charge is 2.22. The Morgan fingerprint density at radius 3 is 2.67 bits per heavy atom. The topological polar surface area (TPSA) is 88.9 Å². The van der Waals surface area contributed by atoms with E-state index in [4.69, 9.17) is 5.11 Å². The van der Waals surface area contributed by atoms with Crippen LogP contribution >= 0.6 is 22.7 Å². The van der Waals surface area contributed by atoms with Gasteiger partial charge in [-0.3, -0.25) is 9.69 Å². The highest BCUT2D eigenvalue weighted by atomic mass is 32.1. The minimum atomic E-state index is -0.708. The van der Waals surface area contributed by atoms with Crippen LogP contribution in [-0.2, 0) is 0 Å². The van der Waals surface area contributed by atoms with Crippen molar-refractivity contribution in [2.45, 2.75) is 6.10 Å². The third-order valence-corrected chi connectivity index (χ3v) is 6.90. The van der Waals surface area contributed by atoms with Gasteiger partial charge in [0.1, 0.15) is 10.7 Å². The predicted octanol–water partition coefficient (Wildman–Crippen LogP) is 2.60. The zero-order valence-electron chi connectivity index (χ0n) is 16.4. The molecule has 3 heterocycles. The number of aliphatic hydroxyl groups excluding tert-OH is 2. The Labute approximate surface area is 183 Å². The van der Waals surface area contributed by atoms with E-state index in [-0.39, 0.29) is 12.5 Å². The van der Waals surface area contributed by atoms with Crippen LogP contribution in [0.5, 0.6) is 0 Å². The van der Waals surface area contributed by atoms with Gasteiger partial charge in [-0.2, -0.15) is 0 Å². The number of carbonyl (C=O) groups is 1. The second-order valence-electron chi connectivity index (χ2n) is 7.11. The van der Waals surface area contributed by atoms with Crippen LogP contribution in [0.3, 0.4) is 0 Å². The van der Waals surface area contributed by atoms with Crippen LogP contribution in [0, 0.1) is 0 Å². The molecule has 0 bridgehead atoms. The third kappa shape index (κ3) is 4.88. The molecule has 0 saturated carbocycles. The number of hydrogen-bond acceptors (Lipinski definition) is 8. The van der Waals surface area contributed by atoms with Gasteiger partial charge in [-0.05, 0) is 23.6 Å². The van der Waals surface area contributed by atoms with Crippen LogP contribution in [-0.4, -0.2) is 71.4 Å². The van der Waals surface area contributed by atoms with Gasteiger partial charge in [0.05, 0.1) is 29.0 Å². The Morgan fingerprint density at radius 1 is 1.13 bits per heavy atom. The highest BCUT2D eigenvalue weighted by Crippen LogP contribution is 2.30. The fourth-order valence-electron chi connectivity index (χ4n) is 3.46. The number of nitrogens with zero attached hydrogens (tertiary/aromatic N) is 3. The van der Waals surface area contributed by atoms with Crippen LogP contribution in [0.15, 0.2) is 47.2 Å². The third-order valence-electron chi connectivity index (χ3n) is 5.01. The maximum atomic E-state index is 12.8. The summed E-state index contributed by atoms with van der Waals surface area (Å²) >= 11 is 3.08. The van der Waals surface area contributed by atoms with Gasteiger partial charge >= 0.3 is 0 Å². The van der Waals surface area contributed by atoms with Gasteiger partial charge in [-0.25, -0.2) is 4.98 Å². The normalized spacial score (nSPS) is 15.9. The smallest absolute Gasteiger partial charge is 0.275 e. The standard InChI is InChI=1S/C21H24N4O3S2/c26-13-15(27)12-24-7-9-25(10-8-24)18-5-2-1-4-16(18)22-20(28)17-14-30-21(23-17)19-6-3-11-29-19/h1-6,11,14-15,26-27H,7-10,12-13H2,(H,22,28). The molecule has 7 nitrogen and oxygen atoms in total. The monoisotopic (exact) mass is 444 g/mol. The largest absolute Gasteiger partial charge is 0.394 e. The van der Waals surface area contributed by atoms with Crippen molar-refractivity contribution in [3.63, 3.8) is 0 Å². The first-order valence-electron chi connectivity index (χ1n) is 9.80. The Kier molecular flexibility index (Phi) is 6.76. The minimum Gasteiger partial charge on any atom is -0.394 e. The van der Waals surface area contributed by atoms with Gasteiger partial charge in [-0.1, -0.05) is 18.2 Å². The molecule has 1 aromatic carbocycles. The second kappa shape index (κ2) is 9.67. The summed E-state index contributed by atoms with van der Waals surface area (Å²) in [7, 11) is 0. The van der Waals surface area contributed by atoms with Crippen LogP contribution in [0.4, 0.5) is 11.4 Å². The maximum Gasteiger partial charge on any atom is 0.275 e. The van der Waals surface area contributed by atoms with Gasteiger partial charge in [0, 0.05) is 38.1 Å². The van der Waals surface area contributed by atoms with E-state index in [2.05, 4.69) is 20.1 Å². The van der Waals surface area contributed by atoms with Gasteiger partial charge in [0.25, 0.3) is 5.91 Å². The summed E-state index contributed by atoms with van der Waals surface area (Å²) in [5, 5.41) is 26.3. The number of rotatable bonds is 7. The van der Waals surface area contributed by atoms with Crippen LogP contribution in [0.1, 0.15) is 10.5 Å². The molecule has 1 aliphatic heterocycles. The van der Waals surface area contributed by atoms with Crippen molar-refractivity contribution in [3.05, 3.63) is 52.9 Å². The predicted molar refractivity (Wildman–Crippen MR) is 122 cm³/mol. The first kappa shape index (κ1) is 21.0. The van der Waals surface area contributed by atoms with E-state index in [1.165, 1.54) is 11.3 Å². The number of para-hydroxylation sites is 2. The fourth-order valence-corrected chi connectivity index (χ4v) is 5.07. The quantitative estimate of drug-likeness (QED) is 0.519. The molecule has 30 heavy (non-hydrogen) atoms. The molecule has 1 unspecified atom stereocenters. The van der Waals surface area contributed by atoms with Crippen molar-refractivity contribution in [1.29, 1.82) is 0 Å². The summed E-state index contributed by atoms with van der Waals surface area (Å²) in [4.78, 5) is 22.7. The molecular formula is C21H24N4O3S2. The van der Waals surface area contributed by atoms with Crippen LogP contribution < -0.4 is 10.2 Å². The Balaban J connectivity index is 1.42. The Bertz CT molecular complexity index is 968. The van der Waals surface area contributed by atoms with Gasteiger partial charge in [0.2, 0.25) is 0 Å². The number of aliphatic hydroxyl groups is 2. The molecule has 9 heteroatoms. The zero-order valence-corrected chi connectivity index (χ0v) is 18.0. The number of β-amino-alcohol motifs (C(OH)–C–C–N with tert-alkyl or cyclic N) is 1. The van der Waals surface area contributed by atoms with Crippen molar-refractivity contribution in [3.8, 4) is 9.88 Å². The number of benzene rings is 1. The van der Waals surface area contributed by atoms with Crippen molar-refractivity contribution >= 4 is 40.0 Å². The summed E-state index contributed by atoms with van der Waals surface area (Å²) in [5.74, 6) is -0.216. The molecule has 3 N–H and O–H groups in total. The molecule has 0 radical (unpaired) electrons. The van der Waals surface area contributed by atoms with E-state index < -0.39 is 6.10 Å². The van der Waals surface area contributed by atoms with Gasteiger partial charge < -0.3 is 20.4 Å². The summed E-state index contributed by atoms with van der Waals surface area (Å²) in [6.07, 6.45) is -0.708. The number of thiophene rings is 1. The number of amides is 1. The zero-order chi connectivity index (χ0) is 20.9. The lowest BCUT2D eigenvalue weighted by molar-refractivity contribution is 0.0575. The van der Waals surface area contributed by atoms with E-state index in [1.54, 1.807) is 16.7 Å². The van der Waals surface area contributed by atoms with Crippen molar-refractivity contribution in [1.82, 2.24) is 9.88 Å². The Hall–Kier alpha value is -2.30. The van der Waals surface area contributed by atoms with Gasteiger partial charge in [-0.15, -0.1) is 22.7 Å². The molecule has 1 atom stereocenters. The molecule has 3 aromatic rings. The lowest BCUT2D eigenvalue weighted by Crippen LogP contribution is -2.49. The SMILES string of the molecule is O=C(Nc1ccccc1N1CCN(CC(O)CO)CC1)c1csc(-c2cccs2)n1. The van der Waals surface area contributed by atoms with Crippen molar-refractivity contribution < 1.29 is 15.0 Å². The molecule has 158 valence electrons. The first-order valence-corrected chi connectivity index (χ1v) is 11.6. The number of hydrogen-bond donors (Lipinski definition) is 3. The van der Waals surface area contributed by atoms with E-state index in [9.17, 15) is 9.90 Å². The molecule has 2 aromatic heterocycles. The van der Waals surface area contributed by atoms with E-state index in [0.717, 1.165) is 47.4 Å². The van der Waals surface area contributed by atoms with Crippen LogP contribution in [0.25, 0.3) is 9.88 Å². The minimum absolute atomic E-state index is 0.216. The van der Waals surface area contributed by atoms with Crippen LogP contribution in [0.2, 0.25) is 0 Å². The molecule has 1 aliphatic rings. The number of thiazole rings is 1. The molecule has 0 spiro atoms. The average Bonchev–Trinajstić information content (AvgIpc) is 3.47. The van der Waals surface area contributed by atoms with E-state index in [0.29, 0.717) is 12.2 Å². The lowest BCUT2D eigenvalue weighted by Gasteiger charge is -2.37. The number of anilines is 2. The van der Waals surface area contributed by atoms with Crippen molar-refractivity contribution in [2.24, 2.45) is 0 Å². The fraction of sp³-hybridized carbons (Fsp3) is 0.333. The number of aromatic nitrogens is 1. The van der Waals surface area contributed by atoms with E-state index >= 15 is 0 Å². The number of piperazine rings is 1. The average molecular weight is 445 g/mol. The Morgan fingerprint density at radius 2 is 1.93 bits per heavy atom. The molecule has 1 amide bonds. The van der Waals surface area contributed by atoms with Gasteiger partial charge in [0.15, 0.2) is 0 Å². The van der Waals surface area contributed by atoms with E-state index in [1.807, 2.05) is 41.8 Å². The highest BCUT2D eigenvalue weighted by molar-refractivity contribution is 7.20.